The minimum Gasteiger partial charge on any atom is -0.496 e. The number of nitrogen functional groups attached to an aromatic ring is 1. The molecular weight excluding hydrogens is 426 g/mol. The lowest BCUT2D eigenvalue weighted by molar-refractivity contribution is 0.402. The van der Waals surface area contributed by atoms with Gasteiger partial charge in [0.1, 0.15) is 23.7 Å². The molecule has 1 atom stereocenters. The first-order valence-electron chi connectivity index (χ1n) is 10.2. The summed E-state index contributed by atoms with van der Waals surface area (Å²) in [4.78, 5) is 15.1. The molecule has 0 fully saturated rings. The van der Waals surface area contributed by atoms with Crippen molar-refractivity contribution < 1.29 is 4.74 Å². The molecule has 0 aliphatic heterocycles. The molecule has 0 saturated heterocycles. The van der Waals surface area contributed by atoms with E-state index in [-0.39, 0.29) is 6.04 Å². The van der Waals surface area contributed by atoms with E-state index in [2.05, 4.69) is 15.0 Å². The van der Waals surface area contributed by atoms with E-state index in [1.54, 1.807) is 7.11 Å². The van der Waals surface area contributed by atoms with E-state index in [9.17, 15) is 0 Å². The van der Waals surface area contributed by atoms with Crippen molar-refractivity contribution in [3.05, 3.63) is 52.6 Å². The molecule has 1 aromatic carbocycles. The normalized spacial score (nSPS) is 12.2. The third-order valence-corrected chi connectivity index (χ3v) is 6.11. The molecule has 0 aliphatic carbocycles. The molecule has 2 N–H and O–H groups in total. The molecule has 0 spiro atoms. The Labute approximate surface area is 192 Å². The maximum Gasteiger partial charge on any atom is 0.164 e. The van der Waals surface area contributed by atoms with E-state index < -0.39 is 0 Å². The number of nitrogens with two attached hydrogens (primary N) is 1. The fourth-order valence-corrected chi connectivity index (χ4v) is 4.20. The van der Waals surface area contributed by atoms with E-state index in [4.69, 9.17) is 27.2 Å². The quantitative estimate of drug-likeness (QED) is 0.479. The number of anilines is 2. The van der Waals surface area contributed by atoms with Gasteiger partial charge in [0, 0.05) is 42.0 Å². The van der Waals surface area contributed by atoms with Crippen LogP contribution in [0.25, 0.3) is 22.2 Å². The summed E-state index contributed by atoms with van der Waals surface area (Å²) >= 11 is 6.70. The Kier molecular flexibility index (Phi) is 5.64. The Balaban J connectivity index is 1.92. The topological polar surface area (TPSA) is 95.0 Å². The van der Waals surface area contributed by atoms with Crippen LogP contribution < -0.4 is 15.4 Å². The highest BCUT2D eigenvalue weighted by Gasteiger charge is 2.25. The van der Waals surface area contributed by atoms with Gasteiger partial charge in [0.2, 0.25) is 0 Å². The molecular formula is C23H26ClN7O. The van der Waals surface area contributed by atoms with Gasteiger partial charge in [-0.2, -0.15) is 5.10 Å². The van der Waals surface area contributed by atoms with E-state index in [0.717, 1.165) is 44.9 Å². The Morgan fingerprint density at radius 2 is 1.91 bits per heavy atom. The second-order valence-electron chi connectivity index (χ2n) is 7.94. The molecule has 0 radical (unpaired) electrons. The van der Waals surface area contributed by atoms with E-state index in [0.29, 0.717) is 16.5 Å². The largest absolute Gasteiger partial charge is 0.496 e. The second kappa shape index (κ2) is 8.27. The van der Waals surface area contributed by atoms with Crippen molar-refractivity contribution in [2.24, 2.45) is 0 Å². The number of rotatable bonds is 5. The minimum atomic E-state index is -0.221. The first kappa shape index (κ1) is 21.8. The molecule has 3 heterocycles. The molecule has 9 heteroatoms. The molecule has 4 rings (SSSR count). The average Bonchev–Trinajstić information content (AvgIpc) is 3.12. The third-order valence-electron chi connectivity index (χ3n) is 5.71. The number of halogens is 1. The van der Waals surface area contributed by atoms with Gasteiger partial charge < -0.3 is 15.4 Å². The molecule has 32 heavy (non-hydrogen) atoms. The van der Waals surface area contributed by atoms with Crippen molar-refractivity contribution in [2.45, 2.75) is 26.8 Å². The van der Waals surface area contributed by atoms with Crippen molar-refractivity contribution in [1.29, 1.82) is 0 Å². The van der Waals surface area contributed by atoms with Crippen LogP contribution in [-0.4, -0.2) is 45.9 Å². The van der Waals surface area contributed by atoms with Crippen LogP contribution in [0.4, 0.5) is 11.6 Å². The number of benzene rings is 1. The van der Waals surface area contributed by atoms with Crippen LogP contribution in [0.5, 0.6) is 5.75 Å². The Hall–Kier alpha value is -3.39. The van der Waals surface area contributed by atoms with Gasteiger partial charge >= 0.3 is 0 Å². The Morgan fingerprint density at radius 1 is 1.16 bits per heavy atom. The van der Waals surface area contributed by atoms with E-state index >= 15 is 0 Å². The van der Waals surface area contributed by atoms with Gasteiger partial charge in [-0.1, -0.05) is 11.6 Å². The molecule has 0 aliphatic rings. The third kappa shape index (κ3) is 3.50. The molecule has 0 bridgehead atoms. The number of methoxy groups -OCH3 is 1. The molecule has 0 amide bonds. The number of aryl methyl sites for hydroxylation is 1. The number of hydrogen-bond acceptors (Lipinski definition) is 7. The maximum absolute atomic E-state index is 6.70. The van der Waals surface area contributed by atoms with Gasteiger partial charge in [-0.15, -0.1) is 0 Å². The minimum absolute atomic E-state index is 0.221. The van der Waals surface area contributed by atoms with Crippen LogP contribution in [0.2, 0.25) is 5.02 Å². The lowest BCUT2D eigenvalue weighted by Crippen LogP contribution is -2.12. The smallest absolute Gasteiger partial charge is 0.164 e. The fourth-order valence-electron chi connectivity index (χ4n) is 3.99. The maximum atomic E-state index is 6.70. The van der Waals surface area contributed by atoms with E-state index in [1.807, 2.05) is 68.8 Å². The number of fused-ring (bicyclic) bond motifs is 1. The number of ether oxygens (including phenoxy) is 1. The van der Waals surface area contributed by atoms with Gasteiger partial charge in [0.15, 0.2) is 5.65 Å². The highest BCUT2D eigenvalue weighted by Crippen LogP contribution is 2.43. The number of hydrogen-bond donors (Lipinski definition) is 1. The zero-order valence-electron chi connectivity index (χ0n) is 19.0. The average molecular weight is 452 g/mol. The summed E-state index contributed by atoms with van der Waals surface area (Å²) in [6.07, 6.45) is 3.29. The summed E-state index contributed by atoms with van der Waals surface area (Å²) in [5, 5.41) is 6.10. The molecule has 0 saturated carbocycles. The van der Waals surface area contributed by atoms with Crippen LogP contribution in [0.1, 0.15) is 29.8 Å². The fraction of sp³-hybridized carbons (Fsp3) is 0.304. The summed E-state index contributed by atoms with van der Waals surface area (Å²) in [5.41, 5.74) is 11.2. The predicted molar refractivity (Wildman–Crippen MR) is 129 cm³/mol. The highest BCUT2D eigenvalue weighted by molar-refractivity contribution is 6.32. The van der Waals surface area contributed by atoms with Gasteiger partial charge in [-0.05, 0) is 44.5 Å². The zero-order chi connectivity index (χ0) is 23.2. The summed E-state index contributed by atoms with van der Waals surface area (Å²) in [5.74, 6) is 2.01. The van der Waals surface area contributed by atoms with Crippen LogP contribution in [-0.2, 0) is 0 Å². The van der Waals surface area contributed by atoms with Gasteiger partial charge in [-0.25, -0.2) is 19.6 Å². The summed E-state index contributed by atoms with van der Waals surface area (Å²) in [6.45, 7) is 5.91. The molecule has 4 aromatic rings. The predicted octanol–water partition coefficient (Wildman–Crippen LogP) is 4.42. The molecule has 166 valence electrons. The van der Waals surface area contributed by atoms with Crippen LogP contribution >= 0.6 is 11.6 Å². The van der Waals surface area contributed by atoms with Crippen molar-refractivity contribution in [3.63, 3.8) is 0 Å². The van der Waals surface area contributed by atoms with Crippen LogP contribution in [0, 0.1) is 13.8 Å². The first-order valence-corrected chi connectivity index (χ1v) is 10.6. The van der Waals surface area contributed by atoms with Gasteiger partial charge in [-0.3, -0.25) is 0 Å². The monoisotopic (exact) mass is 451 g/mol. The van der Waals surface area contributed by atoms with Crippen molar-refractivity contribution in [1.82, 2.24) is 24.7 Å². The summed E-state index contributed by atoms with van der Waals surface area (Å²) in [6, 6.07) is 5.71. The van der Waals surface area contributed by atoms with Gasteiger partial charge in [0.05, 0.1) is 24.2 Å². The summed E-state index contributed by atoms with van der Waals surface area (Å²) in [7, 11) is 5.58. The first-order chi connectivity index (χ1) is 15.2. The number of pyridine rings is 1. The molecule has 3 aromatic heterocycles. The van der Waals surface area contributed by atoms with Crippen molar-refractivity contribution in [2.75, 3.05) is 31.8 Å². The molecule has 8 nitrogen and oxygen atoms in total. The van der Waals surface area contributed by atoms with Gasteiger partial charge in [0.25, 0.3) is 0 Å². The van der Waals surface area contributed by atoms with Crippen molar-refractivity contribution >= 4 is 34.3 Å². The van der Waals surface area contributed by atoms with Crippen molar-refractivity contribution in [3.8, 4) is 16.9 Å². The number of aromatic nitrogens is 5. The lowest BCUT2D eigenvalue weighted by Gasteiger charge is -2.22. The lowest BCUT2D eigenvalue weighted by atomic mass is 9.94. The van der Waals surface area contributed by atoms with Crippen LogP contribution in [0.15, 0.2) is 30.7 Å². The Morgan fingerprint density at radius 3 is 2.53 bits per heavy atom. The standard InChI is InChI=1S/C23H26ClN7O/c1-12-17(24)9-16(14(3)31-23-20(13(2)29-31)22(25)27-11-28-23)21(32-6)19(12)15-7-8-18(26-10-15)30(4)5/h7-11,14H,1-6H3,(H2,25,27,28). The van der Waals surface area contributed by atoms with E-state index in [1.165, 1.54) is 6.33 Å². The number of nitrogens with zero attached hydrogens (tertiary/aromatic N) is 6. The molecule has 1 unspecified atom stereocenters. The SMILES string of the molecule is COc1c(C(C)n2nc(C)c3c(N)ncnc32)cc(Cl)c(C)c1-c1ccc(N(C)C)nc1. The second-order valence-corrected chi connectivity index (χ2v) is 8.35. The van der Waals surface area contributed by atoms with Crippen LogP contribution in [0.3, 0.4) is 0 Å². The Bertz CT molecular complexity index is 1300. The highest BCUT2D eigenvalue weighted by atomic mass is 35.5. The summed E-state index contributed by atoms with van der Waals surface area (Å²) < 4.78 is 7.77. The zero-order valence-corrected chi connectivity index (χ0v) is 19.8.